The van der Waals surface area contributed by atoms with Gasteiger partial charge in [0.1, 0.15) is 11.6 Å². The van der Waals surface area contributed by atoms with E-state index in [4.69, 9.17) is 0 Å². The third-order valence-electron chi connectivity index (χ3n) is 5.01. The van der Waals surface area contributed by atoms with Gasteiger partial charge in [-0.2, -0.15) is 0 Å². The Labute approximate surface area is 96.1 Å². The van der Waals surface area contributed by atoms with Gasteiger partial charge < -0.3 is 0 Å². The second kappa shape index (κ2) is 3.28. The molecule has 0 aliphatic heterocycles. The zero-order valence-electron chi connectivity index (χ0n) is 9.63. The van der Waals surface area contributed by atoms with E-state index >= 15 is 0 Å². The van der Waals surface area contributed by atoms with Crippen molar-refractivity contribution in [2.24, 2.45) is 10.8 Å². The Balaban J connectivity index is 2.03. The molecule has 2 fully saturated rings. The van der Waals surface area contributed by atoms with Crippen LogP contribution in [0.5, 0.6) is 0 Å². The Morgan fingerprint density at radius 1 is 0.750 bits per heavy atom. The van der Waals surface area contributed by atoms with E-state index in [1.807, 2.05) is 0 Å². The summed E-state index contributed by atoms with van der Waals surface area (Å²) in [6, 6.07) is 0. The van der Waals surface area contributed by atoms with Gasteiger partial charge in [0.25, 0.3) is 0 Å². The van der Waals surface area contributed by atoms with Crippen molar-refractivity contribution in [3.8, 4) is 0 Å². The summed E-state index contributed by atoms with van der Waals surface area (Å²) in [5.41, 5.74) is 0.0951. The number of hydrogen-bond donors (Lipinski definition) is 0. The van der Waals surface area contributed by atoms with Crippen LogP contribution < -0.4 is 0 Å². The molecule has 0 N–H and O–H groups in total. The predicted molar refractivity (Wildman–Crippen MR) is 61.0 cm³/mol. The summed E-state index contributed by atoms with van der Waals surface area (Å²) in [5, 5.41) is 0. The molecule has 3 rings (SSSR count). The van der Waals surface area contributed by atoms with Crippen LogP contribution in [0.25, 0.3) is 0 Å². The number of ketones is 2. The normalized spacial score (nSPS) is 42.8. The van der Waals surface area contributed by atoms with Gasteiger partial charge in [0.2, 0.25) is 0 Å². The van der Waals surface area contributed by atoms with Gasteiger partial charge >= 0.3 is 0 Å². The Hall–Kier alpha value is -0.920. The molecule has 2 saturated carbocycles. The third kappa shape index (κ3) is 1.25. The highest BCUT2D eigenvalue weighted by atomic mass is 16.1. The Morgan fingerprint density at radius 2 is 1.12 bits per heavy atom. The molecule has 0 saturated heterocycles. The van der Waals surface area contributed by atoms with Crippen molar-refractivity contribution in [3.05, 3.63) is 12.2 Å². The summed E-state index contributed by atoms with van der Waals surface area (Å²) in [4.78, 5) is 23.6. The van der Waals surface area contributed by atoms with Crippen LogP contribution in [0.1, 0.15) is 51.4 Å². The van der Waals surface area contributed by atoms with Crippen molar-refractivity contribution < 1.29 is 9.59 Å². The highest BCUT2D eigenvalue weighted by Crippen LogP contribution is 2.65. The van der Waals surface area contributed by atoms with Crippen LogP contribution in [-0.4, -0.2) is 11.6 Å². The minimum atomic E-state index is 0.0475. The van der Waals surface area contributed by atoms with Crippen LogP contribution in [0.15, 0.2) is 12.2 Å². The van der Waals surface area contributed by atoms with Gasteiger partial charge in [0.05, 0.1) is 0 Å². The van der Waals surface area contributed by atoms with E-state index in [9.17, 15) is 9.59 Å². The largest absolute Gasteiger partial charge is 0.300 e. The lowest BCUT2D eigenvalue weighted by Gasteiger charge is -2.40. The standard InChI is InChI=1S/C14H18O2/c15-11-7-13-5-3-1-2-4-6-14(13,9-11)10-12(16)8-13/h1-2H,3-10H2. The Bertz CT molecular complexity index is 326. The number of carbonyl (C=O) groups excluding carboxylic acids is 2. The first-order valence-electron chi connectivity index (χ1n) is 6.34. The van der Waals surface area contributed by atoms with E-state index < -0.39 is 0 Å². The van der Waals surface area contributed by atoms with Gasteiger partial charge in [-0.25, -0.2) is 0 Å². The minimum Gasteiger partial charge on any atom is -0.300 e. The van der Waals surface area contributed by atoms with Gasteiger partial charge in [0, 0.05) is 25.7 Å². The average Bonchev–Trinajstić information content (AvgIpc) is 2.52. The lowest BCUT2D eigenvalue weighted by atomic mass is 9.63. The number of Topliss-reactive ketones (excluding diaryl/α,β-unsaturated/α-hetero) is 2. The zero-order chi connectivity index (χ0) is 11.2. The van der Waals surface area contributed by atoms with Crippen molar-refractivity contribution in [2.45, 2.75) is 51.4 Å². The highest BCUT2D eigenvalue weighted by molar-refractivity contribution is 5.91. The first-order valence-corrected chi connectivity index (χ1v) is 6.34. The van der Waals surface area contributed by atoms with Crippen molar-refractivity contribution in [3.63, 3.8) is 0 Å². The fourth-order valence-electron chi connectivity index (χ4n) is 4.35. The second-order valence-corrected chi connectivity index (χ2v) is 5.89. The summed E-state index contributed by atoms with van der Waals surface area (Å²) in [6.45, 7) is 0. The molecule has 3 aliphatic rings. The second-order valence-electron chi connectivity index (χ2n) is 5.89. The first kappa shape index (κ1) is 10.2. The molecule has 16 heavy (non-hydrogen) atoms. The van der Waals surface area contributed by atoms with Crippen LogP contribution in [0, 0.1) is 10.8 Å². The molecule has 0 aromatic heterocycles. The molecule has 3 aliphatic carbocycles. The van der Waals surface area contributed by atoms with E-state index in [1.165, 1.54) is 0 Å². The summed E-state index contributed by atoms with van der Waals surface area (Å²) in [6.07, 6.45) is 11.3. The summed E-state index contributed by atoms with van der Waals surface area (Å²) in [5.74, 6) is 0.795. The number of carbonyl (C=O) groups is 2. The molecule has 0 aromatic carbocycles. The predicted octanol–water partition coefficient (Wildman–Crippen LogP) is 2.82. The smallest absolute Gasteiger partial charge is 0.134 e. The highest BCUT2D eigenvalue weighted by Gasteiger charge is 2.62. The fourth-order valence-corrected chi connectivity index (χ4v) is 4.35. The quantitative estimate of drug-likeness (QED) is 0.586. The first-order chi connectivity index (χ1) is 7.66. The molecule has 0 atom stereocenters. The maximum atomic E-state index is 11.8. The monoisotopic (exact) mass is 218 g/mol. The molecule has 0 spiro atoms. The van der Waals surface area contributed by atoms with Crippen LogP contribution in [0.3, 0.4) is 0 Å². The SMILES string of the molecule is O=C1CC23CCC=CCCC2(C1)CC(=O)C3. The molecular weight excluding hydrogens is 200 g/mol. The third-order valence-corrected chi connectivity index (χ3v) is 5.01. The van der Waals surface area contributed by atoms with Gasteiger partial charge in [-0.1, -0.05) is 12.2 Å². The van der Waals surface area contributed by atoms with E-state index in [0.29, 0.717) is 37.2 Å². The Kier molecular flexibility index (Phi) is 2.10. The summed E-state index contributed by atoms with van der Waals surface area (Å²) in [7, 11) is 0. The van der Waals surface area contributed by atoms with Gasteiger partial charge in [-0.15, -0.1) is 0 Å². The number of hydrogen-bond acceptors (Lipinski definition) is 2. The molecule has 0 aromatic rings. The summed E-state index contributed by atoms with van der Waals surface area (Å²) < 4.78 is 0. The van der Waals surface area contributed by atoms with Gasteiger partial charge in [-0.05, 0) is 36.5 Å². The molecule has 2 heteroatoms. The average molecular weight is 218 g/mol. The molecule has 0 radical (unpaired) electrons. The van der Waals surface area contributed by atoms with Gasteiger partial charge in [-0.3, -0.25) is 9.59 Å². The fraction of sp³-hybridized carbons (Fsp3) is 0.714. The van der Waals surface area contributed by atoms with Crippen molar-refractivity contribution >= 4 is 11.6 Å². The van der Waals surface area contributed by atoms with Crippen molar-refractivity contribution in [2.75, 3.05) is 0 Å². The molecule has 2 nitrogen and oxygen atoms in total. The summed E-state index contributed by atoms with van der Waals surface area (Å²) >= 11 is 0. The lowest BCUT2D eigenvalue weighted by Crippen LogP contribution is -2.32. The molecule has 86 valence electrons. The van der Waals surface area contributed by atoms with E-state index in [0.717, 1.165) is 25.7 Å². The van der Waals surface area contributed by atoms with Gasteiger partial charge in [0.15, 0.2) is 0 Å². The molecule has 0 amide bonds. The minimum absolute atomic E-state index is 0.0475. The van der Waals surface area contributed by atoms with E-state index in [1.54, 1.807) is 0 Å². The lowest BCUT2D eigenvalue weighted by molar-refractivity contribution is -0.120. The number of rotatable bonds is 0. The Morgan fingerprint density at radius 3 is 1.50 bits per heavy atom. The van der Waals surface area contributed by atoms with E-state index in [2.05, 4.69) is 12.2 Å². The topological polar surface area (TPSA) is 34.1 Å². The van der Waals surface area contributed by atoms with E-state index in [-0.39, 0.29) is 10.8 Å². The van der Waals surface area contributed by atoms with Crippen molar-refractivity contribution in [1.29, 1.82) is 0 Å². The van der Waals surface area contributed by atoms with Crippen LogP contribution in [0.2, 0.25) is 0 Å². The van der Waals surface area contributed by atoms with Crippen molar-refractivity contribution in [1.82, 2.24) is 0 Å². The molecule has 0 unspecified atom stereocenters. The number of allylic oxidation sites excluding steroid dienone is 2. The molecular formula is C14H18O2. The zero-order valence-corrected chi connectivity index (χ0v) is 9.63. The molecule has 0 bridgehead atoms. The maximum absolute atomic E-state index is 11.8. The maximum Gasteiger partial charge on any atom is 0.134 e. The van der Waals surface area contributed by atoms with Crippen LogP contribution in [-0.2, 0) is 9.59 Å². The van der Waals surface area contributed by atoms with Crippen LogP contribution >= 0.6 is 0 Å². The molecule has 0 heterocycles. The van der Waals surface area contributed by atoms with Crippen LogP contribution in [0.4, 0.5) is 0 Å².